The molecule has 1 N–H and O–H groups in total. The molecule has 0 saturated heterocycles. The molecule has 0 bridgehead atoms. The Hall–Kier alpha value is -0.600. The zero-order valence-electron chi connectivity index (χ0n) is 11.0. The van der Waals surface area contributed by atoms with Gasteiger partial charge in [-0.3, -0.25) is 0 Å². The van der Waals surface area contributed by atoms with E-state index in [2.05, 4.69) is 72.4 Å². The van der Waals surface area contributed by atoms with E-state index in [0.717, 1.165) is 24.0 Å². The van der Waals surface area contributed by atoms with Crippen LogP contribution in [0.3, 0.4) is 0 Å². The molecule has 1 rings (SSSR count). The van der Waals surface area contributed by atoms with Gasteiger partial charge in [-0.15, -0.1) is 0 Å². The normalized spacial score (nSPS) is 12.2. The lowest BCUT2D eigenvalue weighted by atomic mass is 10.1. The topological polar surface area (TPSA) is 12.0 Å². The molecule has 94 valence electrons. The number of nitrogens with one attached hydrogen (secondary N) is 1. The highest BCUT2D eigenvalue weighted by molar-refractivity contribution is 9.10. The van der Waals surface area contributed by atoms with Gasteiger partial charge in [-0.2, -0.15) is 0 Å². The van der Waals surface area contributed by atoms with Gasteiger partial charge in [0, 0.05) is 11.0 Å². The van der Waals surface area contributed by atoms with Crippen LogP contribution >= 0.6 is 15.9 Å². The maximum Gasteiger partial charge on any atom is 0.0175 e. The van der Waals surface area contributed by atoms with Crippen molar-refractivity contribution in [1.82, 2.24) is 5.32 Å². The monoisotopic (exact) mass is 295 g/mol. The van der Waals surface area contributed by atoms with Crippen LogP contribution in [-0.4, -0.2) is 13.1 Å². The fourth-order valence-electron chi connectivity index (χ4n) is 1.59. The maximum absolute atomic E-state index is 3.49. The Balaban J connectivity index is 2.57. The van der Waals surface area contributed by atoms with E-state index >= 15 is 0 Å². The molecular weight excluding hydrogens is 274 g/mol. The zero-order valence-corrected chi connectivity index (χ0v) is 12.5. The van der Waals surface area contributed by atoms with Crippen molar-refractivity contribution in [2.45, 2.75) is 27.2 Å². The van der Waals surface area contributed by atoms with E-state index in [-0.39, 0.29) is 0 Å². The highest BCUT2D eigenvalue weighted by Crippen LogP contribution is 2.14. The lowest BCUT2D eigenvalue weighted by Gasteiger charge is -2.09. The standard InChI is InChI=1S/C15H22BrN/c1-4-13(11-17-10-12(2)3)9-14-5-7-15(16)8-6-14/h5-9,12,17H,4,10-11H2,1-3H3. The lowest BCUT2D eigenvalue weighted by molar-refractivity contribution is 0.569. The highest BCUT2D eigenvalue weighted by Gasteiger charge is 1.97. The Bertz CT molecular complexity index is 352. The average Bonchev–Trinajstić information content (AvgIpc) is 2.30. The van der Waals surface area contributed by atoms with E-state index in [9.17, 15) is 0 Å². The van der Waals surface area contributed by atoms with E-state index < -0.39 is 0 Å². The Morgan fingerprint density at radius 1 is 1.29 bits per heavy atom. The van der Waals surface area contributed by atoms with Crippen molar-refractivity contribution in [2.24, 2.45) is 5.92 Å². The molecule has 0 atom stereocenters. The van der Waals surface area contributed by atoms with Crippen molar-refractivity contribution < 1.29 is 0 Å². The smallest absolute Gasteiger partial charge is 0.0175 e. The fourth-order valence-corrected chi connectivity index (χ4v) is 1.86. The second-order valence-corrected chi connectivity index (χ2v) is 5.65. The maximum atomic E-state index is 3.49. The third kappa shape index (κ3) is 6.04. The first kappa shape index (κ1) is 14.5. The number of hydrogen-bond acceptors (Lipinski definition) is 1. The molecule has 0 saturated carbocycles. The van der Waals surface area contributed by atoms with E-state index in [1.54, 1.807) is 0 Å². The van der Waals surface area contributed by atoms with Crippen LogP contribution in [0.15, 0.2) is 34.3 Å². The van der Waals surface area contributed by atoms with Crippen LogP contribution in [0.5, 0.6) is 0 Å². The summed E-state index contributed by atoms with van der Waals surface area (Å²) < 4.78 is 1.13. The molecule has 1 nitrogen and oxygen atoms in total. The molecule has 1 aromatic rings. The van der Waals surface area contributed by atoms with Gasteiger partial charge in [0.2, 0.25) is 0 Å². The Kier molecular flexibility index (Phi) is 6.53. The third-order valence-corrected chi connectivity index (χ3v) is 3.13. The van der Waals surface area contributed by atoms with Crippen LogP contribution in [0.1, 0.15) is 32.8 Å². The van der Waals surface area contributed by atoms with E-state index in [4.69, 9.17) is 0 Å². The van der Waals surface area contributed by atoms with Crippen molar-refractivity contribution in [2.75, 3.05) is 13.1 Å². The minimum absolute atomic E-state index is 0.709. The summed E-state index contributed by atoms with van der Waals surface area (Å²) in [4.78, 5) is 0. The Morgan fingerprint density at radius 3 is 2.47 bits per heavy atom. The van der Waals surface area contributed by atoms with E-state index in [1.165, 1.54) is 11.1 Å². The first-order valence-corrected chi connectivity index (χ1v) is 7.06. The molecule has 0 aliphatic rings. The van der Waals surface area contributed by atoms with Crippen LogP contribution in [0.25, 0.3) is 6.08 Å². The van der Waals surface area contributed by atoms with E-state index in [0.29, 0.717) is 5.92 Å². The molecule has 0 radical (unpaired) electrons. The summed E-state index contributed by atoms with van der Waals surface area (Å²) in [5, 5.41) is 3.49. The van der Waals surface area contributed by atoms with Gasteiger partial charge in [-0.25, -0.2) is 0 Å². The fraction of sp³-hybridized carbons (Fsp3) is 0.467. The van der Waals surface area contributed by atoms with Gasteiger partial charge >= 0.3 is 0 Å². The molecule has 0 aliphatic heterocycles. The van der Waals surface area contributed by atoms with E-state index in [1.807, 2.05) is 0 Å². The van der Waals surface area contributed by atoms with Crippen LogP contribution < -0.4 is 5.32 Å². The Labute approximate surface area is 113 Å². The van der Waals surface area contributed by atoms with Crippen molar-refractivity contribution in [3.8, 4) is 0 Å². The quantitative estimate of drug-likeness (QED) is 0.815. The van der Waals surface area contributed by atoms with Gasteiger partial charge in [0.05, 0.1) is 0 Å². The molecule has 0 aromatic heterocycles. The summed E-state index contributed by atoms with van der Waals surface area (Å²) in [6.07, 6.45) is 3.38. The largest absolute Gasteiger partial charge is 0.313 e. The summed E-state index contributed by atoms with van der Waals surface area (Å²) in [7, 11) is 0. The number of halogens is 1. The Morgan fingerprint density at radius 2 is 1.94 bits per heavy atom. The summed E-state index contributed by atoms with van der Waals surface area (Å²) >= 11 is 3.45. The number of benzene rings is 1. The first-order valence-electron chi connectivity index (χ1n) is 6.27. The lowest BCUT2D eigenvalue weighted by Crippen LogP contribution is -2.21. The van der Waals surface area contributed by atoms with Crippen LogP contribution in [0.2, 0.25) is 0 Å². The molecule has 0 heterocycles. The zero-order chi connectivity index (χ0) is 12.7. The summed E-state index contributed by atoms with van der Waals surface area (Å²) in [5.74, 6) is 0.709. The second kappa shape index (κ2) is 7.67. The molecule has 17 heavy (non-hydrogen) atoms. The second-order valence-electron chi connectivity index (χ2n) is 4.73. The van der Waals surface area contributed by atoms with Gasteiger partial charge in [0.25, 0.3) is 0 Å². The number of rotatable bonds is 6. The average molecular weight is 296 g/mol. The third-order valence-electron chi connectivity index (χ3n) is 2.60. The van der Waals surface area contributed by atoms with Crippen LogP contribution in [-0.2, 0) is 0 Å². The first-order chi connectivity index (χ1) is 8.11. The van der Waals surface area contributed by atoms with Gasteiger partial charge in [0.15, 0.2) is 0 Å². The predicted octanol–water partition coefficient (Wildman–Crippen LogP) is 4.49. The van der Waals surface area contributed by atoms with Gasteiger partial charge < -0.3 is 5.32 Å². The summed E-state index contributed by atoms with van der Waals surface area (Å²) in [6, 6.07) is 8.45. The van der Waals surface area contributed by atoms with Crippen molar-refractivity contribution in [1.29, 1.82) is 0 Å². The summed E-state index contributed by atoms with van der Waals surface area (Å²) in [5.41, 5.74) is 2.73. The SMILES string of the molecule is CCC(=Cc1ccc(Br)cc1)CNCC(C)C. The number of hydrogen-bond donors (Lipinski definition) is 1. The molecule has 0 unspecified atom stereocenters. The summed E-state index contributed by atoms with van der Waals surface area (Å²) in [6.45, 7) is 8.75. The minimum atomic E-state index is 0.709. The van der Waals surface area contributed by atoms with Crippen LogP contribution in [0.4, 0.5) is 0 Å². The molecule has 1 aromatic carbocycles. The van der Waals surface area contributed by atoms with Crippen molar-refractivity contribution in [3.05, 3.63) is 39.9 Å². The molecular formula is C15H22BrN. The predicted molar refractivity (Wildman–Crippen MR) is 80.1 cm³/mol. The minimum Gasteiger partial charge on any atom is -0.313 e. The van der Waals surface area contributed by atoms with Crippen molar-refractivity contribution in [3.63, 3.8) is 0 Å². The molecule has 0 aliphatic carbocycles. The highest BCUT2D eigenvalue weighted by atomic mass is 79.9. The van der Waals surface area contributed by atoms with Gasteiger partial charge in [-0.05, 0) is 36.6 Å². The molecule has 0 fully saturated rings. The van der Waals surface area contributed by atoms with Gasteiger partial charge in [-0.1, -0.05) is 60.5 Å². The van der Waals surface area contributed by atoms with Crippen molar-refractivity contribution >= 4 is 22.0 Å². The van der Waals surface area contributed by atoms with Crippen LogP contribution in [0, 0.1) is 5.92 Å². The van der Waals surface area contributed by atoms with Gasteiger partial charge in [0.1, 0.15) is 0 Å². The molecule has 0 spiro atoms. The molecule has 0 amide bonds. The molecule has 2 heteroatoms.